The highest BCUT2D eigenvalue weighted by molar-refractivity contribution is 6.03. The quantitative estimate of drug-likeness (QED) is 0.682. The van der Waals surface area contributed by atoms with E-state index in [0.29, 0.717) is 16.9 Å². The number of carbonyl (C=O) groups is 2. The first-order valence-electron chi connectivity index (χ1n) is 9.19. The minimum absolute atomic E-state index is 0.00858. The topological polar surface area (TPSA) is 78.1 Å². The van der Waals surface area contributed by atoms with Gasteiger partial charge in [0, 0.05) is 36.3 Å². The second-order valence-electron chi connectivity index (χ2n) is 7.15. The van der Waals surface area contributed by atoms with Crippen LogP contribution in [0.2, 0.25) is 0 Å². The van der Waals surface area contributed by atoms with Gasteiger partial charge >= 0.3 is 0 Å². The Morgan fingerprint density at radius 1 is 1.13 bits per heavy atom. The van der Waals surface area contributed by atoms with Crippen molar-refractivity contribution < 1.29 is 22.8 Å². The van der Waals surface area contributed by atoms with Crippen molar-refractivity contribution in [2.45, 2.75) is 13.3 Å². The molecule has 0 aliphatic carbocycles. The zero-order chi connectivity index (χ0) is 21.4. The summed E-state index contributed by atoms with van der Waals surface area (Å²) >= 11 is 0. The highest BCUT2D eigenvalue weighted by Gasteiger charge is 2.35. The molecule has 9 heteroatoms. The van der Waals surface area contributed by atoms with E-state index in [1.165, 1.54) is 23.1 Å². The van der Waals surface area contributed by atoms with Gasteiger partial charge in [-0.25, -0.2) is 13.2 Å². The van der Waals surface area contributed by atoms with Crippen molar-refractivity contribution in [1.29, 1.82) is 0 Å². The highest BCUT2D eigenvalue weighted by Crippen LogP contribution is 2.28. The molecule has 2 N–H and O–H groups in total. The molecule has 4 rings (SSSR count). The third-order valence-electron chi connectivity index (χ3n) is 4.95. The molecule has 1 unspecified atom stereocenters. The number of aromatic nitrogens is 2. The Morgan fingerprint density at radius 3 is 2.57 bits per heavy atom. The summed E-state index contributed by atoms with van der Waals surface area (Å²) in [7, 11) is 0. The molecule has 2 amide bonds. The number of halogens is 3. The number of aromatic amines is 1. The number of benzene rings is 2. The van der Waals surface area contributed by atoms with Crippen molar-refractivity contribution >= 4 is 23.3 Å². The number of carbonyl (C=O) groups excluding carboxylic acids is 2. The smallest absolute Gasteiger partial charge is 0.231 e. The molecule has 1 aliphatic rings. The van der Waals surface area contributed by atoms with Gasteiger partial charge in [-0.05, 0) is 42.8 Å². The summed E-state index contributed by atoms with van der Waals surface area (Å²) in [5, 5.41) is 9.16. The molecule has 1 fully saturated rings. The van der Waals surface area contributed by atoms with E-state index < -0.39 is 23.5 Å². The van der Waals surface area contributed by atoms with Crippen LogP contribution >= 0.6 is 0 Å². The Labute approximate surface area is 169 Å². The lowest BCUT2D eigenvalue weighted by molar-refractivity contribution is -0.122. The Hall–Kier alpha value is -3.62. The first-order valence-corrected chi connectivity index (χ1v) is 9.19. The van der Waals surface area contributed by atoms with Crippen LogP contribution < -0.4 is 10.2 Å². The van der Waals surface area contributed by atoms with Gasteiger partial charge in [-0.15, -0.1) is 0 Å². The zero-order valence-corrected chi connectivity index (χ0v) is 15.9. The van der Waals surface area contributed by atoms with Crippen molar-refractivity contribution in [3.05, 3.63) is 65.5 Å². The number of nitrogens with one attached hydrogen (secondary N) is 2. The number of hydrogen-bond acceptors (Lipinski definition) is 3. The summed E-state index contributed by atoms with van der Waals surface area (Å²) in [5.41, 5.74) is 1.51. The number of hydrogen-bond donors (Lipinski definition) is 2. The van der Waals surface area contributed by atoms with Gasteiger partial charge in [0.2, 0.25) is 11.8 Å². The van der Waals surface area contributed by atoms with Gasteiger partial charge in [0.25, 0.3) is 0 Å². The molecule has 1 saturated heterocycles. The Morgan fingerprint density at radius 2 is 1.87 bits per heavy atom. The second kappa shape index (κ2) is 7.66. The predicted molar refractivity (Wildman–Crippen MR) is 104 cm³/mol. The van der Waals surface area contributed by atoms with Gasteiger partial charge in [0.1, 0.15) is 17.5 Å². The third kappa shape index (κ3) is 3.91. The lowest BCUT2D eigenvalue weighted by Crippen LogP contribution is -2.28. The van der Waals surface area contributed by atoms with Crippen LogP contribution in [0.4, 0.5) is 24.7 Å². The summed E-state index contributed by atoms with van der Waals surface area (Å²) < 4.78 is 40.3. The molecule has 0 radical (unpaired) electrons. The van der Waals surface area contributed by atoms with E-state index in [1.54, 1.807) is 13.0 Å². The van der Waals surface area contributed by atoms with Crippen molar-refractivity contribution in [3.8, 4) is 11.3 Å². The molecule has 1 aromatic heterocycles. The largest absolute Gasteiger partial charge is 0.312 e. The van der Waals surface area contributed by atoms with Gasteiger partial charge in [-0.3, -0.25) is 14.7 Å². The summed E-state index contributed by atoms with van der Waals surface area (Å²) in [4.78, 5) is 26.4. The molecule has 2 heterocycles. The maximum atomic E-state index is 13.5. The SMILES string of the molecule is Cc1cc(N2CC(C(=O)Nc3cc(-c4cc(F)cc(F)c4)[nH]n3)CC2=O)ccc1F. The van der Waals surface area contributed by atoms with E-state index in [4.69, 9.17) is 0 Å². The van der Waals surface area contributed by atoms with Gasteiger partial charge in [-0.1, -0.05) is 0 Å². The van der Waals surface area contributed by atoms with Gasteiger partial charge in [0.05, 0.1) is 11.6 Å². The Balaban J connectivity index is 1.45. The fourth-order valence-electron chi connectivity index (χ4n) is 3.40. The third-order valence-corrected chi connectivity index (χ3v) is 4.95. The van der Waals surface area contributed by atoms with Gasteiger partial charge < -0.3 is 10.2 Å². The summed E-state index contributed by atoms with van der Waals surface area (Å²) in [6, 6.07) is 8.83. The van der Waals surface area contributed by atoms with E-state index in [1.807, 2.05) is 0 Å². The molecular weight excluding hydrogens is 397 g/mol. The Bertz CT molecular complexity index is 1120. The van der Waals surface area contributed by atoms with Crippen LogP contribution in [0.3, 0.4) is 0 Å². The summed E-state index contributed by atoms with van der Waals surface area (Å²) in [6.07, 6.45) is 0.00858. The Kier molecular flexibility index (Phi) is 5.03. The van der Waals surface area contributed by atoms with Crippen LogP contribution in [0.1, 0.15) is 12.0 Å². The molecule has 30 heavy (non-hydrogen) atoms. The monoisotopic (exact) mass is 414 g/mol. The molecule has 0 bridgehead atoms. The maximum absolute atomic E-state index is 13.5. The molecule has 6 nitrogen and oxygen atoms in total. The fraction of sp³-hybridized carbons (Fsp3) is 0.190. The number of amides is 2. The molecule has 1 atom stereocenters. The average Bonchev–Trinajstić information content (AvgIpc) is 3.30. The molecule has 2 aromatic carbocycles. The number of aryl methyl sites for hydroxylation is 1. The van der Waals surface area contributed by atoms with E-state index in [-0.39, 0.29) is 36.1 Å². The fourth-order valence-corrected chi connectivity index (χ4v) is 3.40. The van der Waals surface area contributed by atoms with E-state index >= 15 is 0 Å². The lowest BCUT2D eigenvalue weighted by Gasteiger charge is -2.17. The standard InChI is InChI=1S/C21H17F3N4O2/c1-11-4-16(2-3-17(11)24)28-10-13(7-20(28)29)21(30)25-19-9-18(26-27-19)12-5-14(22)8-15(23)6-12/h2-6,8-9,13H,7,10H2,1H3,(H2,25,26,27,30). The van der Waals surface area contributed by atoms with Crippen molar-refractivity contribution in [3.63, 3.8) is 0 Å². The van der Waals surface area contributed by atoms with Crippen LogP contribution in [0.5, 0.6) is 0 Å². The van der Waals surface area contributed by atoms with E-state index in [2.05, 4.69) is 15.5 Å². The van der Waals surface area contributed by atoms with E-state index in [0.717, 1.165) is 18.2 Å². The van der Waals surface area contributed by atoms with Crippen molar-refractivity contribution in [1.82, 2.24) is 10.2 Å². The second-order valence-corrected chi connectivity index (χ2v) is 7.15. The van der Waals surface area contributed by atoms with Gasteiger partial charge in [0.15, 0.2) is 5.82 Å². The van der Waals surface area contributed by atoms with Crippen LogP contribution in [0.15, 0.2) is 42.5 Å². The molecule has 154 valence electrons. The van der Waals surface area contributed by atoms with Crippen molar-refractivity contribution in [2.24, 2.45) is 5.92 Å². The van der Waals surface area contributed by atoms with Crippen LogP contribution in [-0.4, -0.2) is 28.6 Å². The summed E-state index contributed by atoms with van der Waals surface area (Å²) in [6.45, 7) is 1.76. The molecule has 0 saturated carbocycles. The molecule has 0 spiro atoms. The van der Waals surface area contributed by atoms with E-state index in [9.17, 15) is 22.8 Å². The maximum Gasteiger partial charge on any atom is 0.231 e. The normalized spacial score (nSPS) is 16.2. The highest BCUT2D eigenvalue weighted by atomic mass is 19.1. The number of rotatable bonds is 4. The molecule has 1 aliphatic heterocycles. The van der Waals surface area contributed by atoms with Crippen LogP contribution in [0.25, 0.3) is 11.3 Å². The first kappa shape index (κ1) is 19.7. The minimum atomic E-state index is -0.731. The minimum Gasteiger partial charge on any atom is -0.312 e. The first-order chi connectivity index (χ1) is 14.3. The van der Waals surface area contributed by atoms with Crippen LogP contribution in [-0.2, 0) is 9.59 Å². The average molecular weight is 414 g/mol. The van der Waals surface area contributed by atoms with Crippen molar-refractivity contribution in [2.75, 3.05) is 16.8 Å². The lowest BCUT2D eigenvalue weighted by atomic mass is 10.1. The molecule has 3 aromatic rings. The number of anilines is 2. The van der Waals surface area contributed by atoms with Gasteiger partial charge in [-0.2, -0.15) is 5.10 Å². The summed E-state index contributed by atoms with van der Waals surface area (Å²) in [5.74, 6) is -2.92. The predicted octanol–water partition coefficient (Wildman–Crippen LogP) is 3.79. The zero-order valence-electron chi connectivity index (χ0n) is 15.9. The number of nitrogens with zero attached hydrogens (tertiary/aromatic N) is 2. The molecular formula is C21H17F3N4O2. The number of H-pyrrole nitrogens is 1. The van der Waals surface area contributed by atoms with Crippen LogP contribution in [0, 0.1) is 30.3 Å².